The lowest BCUT2D eigenvalue weighted by molar-refractivity contribution is 0.447. The van der Waals surface area contributed by atoms with Crippen LogP contribution in [0.2, 0.25) is 0 Å². The molecule has 0 aliphatic carbocycles. The van der Waals surface area contributed by atoms with E-state index >= 15 is 0 Å². The van der Waals surface area contributed by atoms with Gasteiger partial charge in [-0.2, -0.15) is 0 Å². The minimum atomic E-state index is -1.47. The lowest BCUT2D eigenvalue weighted by atomic mass is 10.3. The van der Waals surface area contributed by atoms with Crippen LogP contribution >= 0.6 is 0 Å². The highest BCUT2D eigenvalue weighted by Gasteiger charge is 2.10. The number of anilines is 1. The fourth-order valence-electron chi connectivity index (χ4n) is 1.92. The van der Waals surface area contributed by atoms with E-state index in [0.717, 1.165) is 17.8 Å². The molecule has 0 radical (unpaired) electrons. The normalized spacial score (nSPS) is 10.9. The van der Waals surface area contributed by atoms with E-state index in [1.54, 1.807) is 6.20 Å². The van der Waals surface area contributed by atoms with Crippen molar-refractivity contribution in [1.29, 1.82) is 0 Å². The molecule has 3 aromatic rings. The van der Waals surface area contributed by atoms with Crippen molar-refractivity contribution >= 4 is 11.3 Å². The van der Waals surface area contributed by atoms with Crippen molar-refractivity contribution in [3.63, 3.8) is 0 Å². The minimum Gasteiger partial charge on any atom is -0.379 e. The quantitative estimate of drug-likeness (QED) is 0.744. The van der Waals surface area contributed by atoms with E-state index < -0.39 is 17.5 Å². The predicted molar refractivity (Wildman–Crippen MR) is 68.8 cm³/mol. The second-order valence-electron chi connectivity index (χ2n) is 4.31. The molecule has 0 unspecified atom stereocenters. The third kappa shape index (κ3) is 2.32. The number of pyridine rings is 1. The monoisotopic (exact) mass is 277 g/mol. The van der Waals surface area contributed by atoms with Crippen LogP contribution in [0.15, 0.2) is 42.7 Å². The van der Waals surface area contributed by atoms with Gasteiger partial charge in [0.1, 0.15) is 5.65 Å². The fourth-order valence-corrected chi connectivity index (χ4v) is 1.92. The van der Waals surface area contributed by atoms with Gasteiger partial charge in [-0.25, -0.2) is 18.2 Å². The van der Waals surface area contributed by atoms with Gasteiger partial charge in [-0.3, -0.25) is 0 Å². The number of hydrogen-bond acceptors (Lipinski definition) is 2. The third-order valence-corrected chi connectivity index (χ3v) is 2.87. The molecule has 0 bridgehead atoms. The Bertz CT molecular complexity index is 711. The highest BCUT2D eigenvalue weighted by Crippen LogP contribution is 2.18. The molecule has 20 heavy (non-hydrogen) atoms. The van der Waals surface area contributed by atoms with Crippen LogP contribution in [0.3, 0.4) is 0 Å². The molecule has 0 aliphatic heterocycles. The van der Waals surface area contributed by atoms with E-state index in [9.17, 15) is 13.2 Å². The number of nitrogens with one attached hydrogen (secondary N) is 1. The number of benzene rings is 1. The lowest BCUT2D eigenvalue weighted by Gasteiger charge is -2.05. The summed E-state index contributed by atoms with van der Waals surface area (Å²) in [7, 11) is 0. The summed E-state index contributed by atoms with van der Waals surface area (Å²) in [5.41, 5.74) is 1.65. The van der Waals surface area contributed by atoms with Crippen LogP contribution < -0.4 is 5.32 Å². The molecular weight excluding hydrogens is 267 g/mol. The Morgan fingerprint density at radius 3 is 2.55 bits per heavy atom. The molecule has 0 aliphatic rings. The molecule has 0 amide bonds. The van der Waals surface area contributed by atoms with Crippen molar-refractivity contribution in [3.05, 3.63) is 65.9 Å². The first-order valence-electron chi connectivity index (χ1n) is 5.94. The molecule has 3 nitrogen and oxygen atoms in total. The Morgan fingerprint density at radius 2 is 1.85 bits per heavy atom. The van der Waals surface area contributed by atoms with Gasteiger partial charge in [0.05, 0.1) is 12.2 Å². The zero-order chi connectivity index (χ0) is 14.1. The van der Waals surface area contributed by atoms with E-state index in [-0.39, 0.29) is 12.2 Å². The van der Waals surface area contributed by atoms with Crippen LogP contribution in [-0.2, 0) is 6.54 Å². The highest BCUT2D eigenvalue weighted by atomic mass is 19.2. The Hall–Kier alpha value is -2.50. The van der Waals surface area contributed by atoms with Crippen LogP contribution in [0.5, 0.6) is 0 Å². The van der Waals surface area contributed by atoms with E-state index in [4.69, 9.17) is 0 Å². The molecule has 6 heteroatoms. The van der Waals surface area contributed by atoms with Crippen LogP contribution in [-0.4, -0.2) is 9.38 Å². The largest absolute Gasteiger partial charge is 0.379 e. The third-order valence-electron chi connectivity index (χ3n) is 2.87. The van der Waals surface area contributed by atoms with Crippen molar-refractivity contribution in [2.24, 2.45) is 0 Å². The molecule has 2 aromatic heterocycles. The molecule has 0 spiro atoms. The second kappa shape index (κ2) is 4.88. The van der Waals surface area contributed by atoms with Gasteiger partial charge >= 0.3 is 0 Å². The van der Waals surface area contributed by atoms with Gasteiger partial charge in [-0.05, 0) is 12.1 Å². The van der Waals surface area contributed by atoms with Gasteiger partial charge in [0, 0.05) is 30.2 Å². The van der Waals surface area contributed by atoms with Gasteiger partial charge in [0.15, 0.2) is 17.5 Å². The summed E-state index contributed by atoms with van der Waals surface area (Å²) in [6.45, 7) is 0.284. The number of fused-ring (bicyclic) bond motifs is 1. The predicted octanol–water partition coefficient (Wildman–Crippen LogP) is 3.36. The first-order valence-corrected chi connectivity index (χ1v) is 5.94. The first-order chi connectivity index (χ1) is 9.63. The van der Waals surface area contributed by atoms with Crippen molar-refractivity contribution in [3.8, 4) is 0 Å². The minimum absolute atomic E-state index is 0.165. The first kappa shape index (κ1) is 12.5. The molecule has 0 atom stereocenters. The van der Waals surface area contributed by atoms with Crippen molar-refractivity contribution in [2.75, 3.05) is 5.32 Å². The second-order valence-corrected chi connectivity index (χ2v) is 4.31. The Kier molecular flexibility index (Phi) is 3.06. The maximum atomic E-state index is 13.1. The SMILES string of the molecule is Fc1cc(NCc2cn3ccccc3n2)cc(F)c1F. The van der Waals surface area contributed by atoms with E-state index in [1.807, 2.05) is 28.8 Å². The molecule has 0 saturated carbocycles. The zero-order valence-corrected chi connectivity index (χ0v) is 10.3. The van der Waals surface area contributed by atoms with Gasteiger partial charge in [-0.1, -0.05) is 6.07 Å². The maximum Gasteiger partial charge on any atom is 0.194 e. The van der Waals surface area contributed by atoms with Gasteiger partial charge in [-0.15, -0.1) is 0 Å². The van der Waals surface area contributed by atoms with Gasteiger partial charge in [0.25, 0.3) is 0 Å². The fraction of sp³-hybridized carbons (Fsp3) is 0.0714. The van der Waals surface area contributed by atoms with E-state index in [0.29, 0.717) is 5.69 Å². The van der Waals surface area contributed by atoms with Crippen molar-refractivity contribution < 1.29 is 13.2 Å². The number of imidazole rings is 1. The Morgan fingerprint density at radius 1 is 1.10 bits per heavy atom. The standard InChI is InChI=1S/C14H10F3N3/c15-11-5-9(6-12(16)14(11)17)18-7-10-8-20-4-2-1-3-13(20)19-10/h1-6,8,18H,7H2. The average molecular weight is 277 g/mol. The number of rotatable bonds is 3. The Labute approximate surface area is 112 Å². The molecule has 0 fully saturated rings. The molecule has 0 saturated heterocycles. The summed E-state index contributed by atoms with van der Waals surface area (Å²) in [4.78, 5) is 4.33. The average Bonchev–Trinajstić information content (AvgIpc) is 2.85. The summed E-state index contributed by atoms with van der Waals surface area (Å²) < 4.78 is 40.8. The molecule has 1 aromatic carbocycles. The van der Waals surface area contributed by atoms with E-state index in [2.05, 4.69) is 10.3 Å². The van der Waals surface area contributed by atoms with Crippen molar-refractivity contribution in [1.82, 2.24) is 9.38 Å². The lowest BCUT2D eigenvalue weighted by Crippen LogP contribution is -2.02. The number of aromatic nitrogens is 2. The van der Waals surface area contributed by atoms with Crippen LogP contribution in [0, 0.1) is 17.5 Å². The maximum absolute atomic E-state index is 13.1. The topological polar surface area (TPSA) is 29.3 Å². The summed E-state index contributed by atoms with van der Waals surface area (Å²) in [6.07, 6.45) is 3.65. The zero-order valence-electron chi connectivity index (χ0n) is 10.3. The van der Waals surface area contributed by atoms with Crippen LogP contribution in [0.25, 0.3) is 5.65 Å². The molecule has 3 rings (SSSR count). The molecular formula is C14H10F3N3. The van der Waals surface area contributed by atoms with Gasteiger partial charge in [0.2, 0.25) is 0 Å². The summed E-state index contributed by atoms with van der Waals surface area (Å²) in [5.74, 6) is -3.91. The molecule has 102 valence electrons. The summed E-state index contributed by atoms with van der Waals surface area (Å²) in [6, 6.07) is 7.41. The number of hydrogen-bond donors (Lipinski definition) is 1. The van der Waals surface area contributed by atoms with Crippen LogP contribution in [0.4, 0.5) is 18.9 Å². The van der Waals surface area contributed by atoms with Gasteiger partial charge < -0.3 is 9.72 Å². The number of halogens is 3. The van der Waals surface area contributed by atoms with Crippen molar-refractivity contribution in [2.45, 2.75) is 6.54 Å². The highest BCUT2D eigenvalue weighted by molar-refractivity contribution is 5.45. The summed E-state index contributed by atoms with van der Waals surface area (Å²) in [5, 5.41) is 2.81. The number of nitrogens with zero attached hydrogens (tertiary/aromatic N) is 2. The smallest absolute Gasteiger partial charge is 0.194 e. The molecule has 2 heterocycles. The molecule has 1 N–H and O–H groups in total. The van der Waals surface area contributed by atoms with E-state index in [1.165, 1.54) is 0 Å². The van der Waals surface area contributed by atoms with Crippen LogP contribution in [0.1, 0.15) is 5.69 Å². The summed E-state index contributed by atoms with van der Waals surface area (Å²) >= 11 is 0. The Balaban J connectivity index is 1.79.